The maximum absolute atomic E-state index is 13.8. The number of pyridine rings is 1. The van der Waals surface area contributed by atoms with Gasteiger partial charge in [-0.25, -0.2) is 0 Å². The zero-order valence-corrected chi connectivity index (χ0v) is 20.9. The predicted octanol–water partition coefficient (Wildman–Crippen LogP) is 4.92. The van der Waals surface area contributed by atoms with Crippen molar-refractivity contribution < 1.29 is 14.6 Å². The fraction of sp³-hybridized carbons (Fsp3) is 0.200. The summed E-state index contributed by atoms with van der Waals surface area (Å²) in [5, 5.41) is 13.6. The highest BCUT2D eigenvalue weighted by molar-refractivity contribution is 5.99. The maximum Gasteiger partial charge on any atom is 0.258 e. The van der Waals surface area contributed by atoms with E-state index < -0.39 is 0 Å². The monoisotopic (exact) mass is 495 g/mol. The van der Waals surface area contributed by atoms with Crippen molar-refractivity contribution in [2.75, 3.05) is 11.9 Å². The van der Waals surface area contributed by atoms with E-state index >= 15 is 0 Å². The summed E-state index contributed by atoms with van der Waals surface area (Å²) in [4.78, 5) is 27.7. The Hall–Kier alpha value is -4.52. The van der Waals surface area contributed by atoms with Crippen molar-refractivity contribution in [1.29, 1.82) is 0 Å². The molecule has 5 rings (SSSR count). The molecule has 0 unspecified atom stereocenters. The zero-order valence-electron chi connectivity index (χ0n) is 20.9. The molecule has 1 aromatic heterocycles. The molecular formula is C30H29N3O4. The lowest BCUT2D eigenvalue weighted by molar-refractivity contribution is 0.0729. The van der Waals surface area contributed by atoms with E-state index in [0.717, 1.165) is 16.8 Å². The molecular weight excluding hydrogens is 466 g/mol. The van der Waals surface area contributed by atoms with Gasteiger partial charge < -0.3 is 24.6 Å². The van der Waals surface area contributed by atoms with Gasteiger partial charge in [0.1, 0.15) is 18.1 Å². The van der Waals surface area contributed by atoms with Crippen LogP contribution in [0.5, 0.6) is 11.5 Å². The molecule has 7 heteroatoms. The number of nitrogens with zero attached hydrogens (tertiary/aromatic N) is 2. The number of aryl methyl sites for hydroxylation is 2. The molecule has 7 nitrogen and oxygen atoms in total. The molecule has 0 aliphatic carbocycles. The Morgan fingerprint density at radius 2 is 1.86 bits per heavy atom. The van der Waals surface area contributed by atoms with E-state index in [1.165, 1.54) is 16.2 Å². The standard InChI is InChI=1S/C30H29N3O4/c1-20-15-24(34)17-27(37-19-21-7-4-3-5-8-21)29(20)30(36)33-14-11-22-9-6-10-26(25(22)18-33)31-23-12-13-32(2)28(35)16-23/h3-10,12-13,15-17,31,34H,11,14,18-19H2,1-2H3. The molecule has 0 saturated carbocycles. The number of aromatic hydroxyl groups is 1. The van der Waals surface area contributed by atoms with E-state index in [1.807, 2.05) is 60.4 Å². The van der Waals surface area contributed by atoms with E-state index in [2.05, 4.69) is 11.4 Å². The Balaban J connectivity index is 1.41. The molecule has 188 valence electrons. The number of nitrogens with one attached hydrogen (secondary N) is 1. The largest absolute Gasteiger partial charge is 0.508 e. The summed E-state index contributed by atoms with van der Waals surface area (Å²) in [6, 6.07) is 22.2. The number of benzene rings is 3. The van der Waals surface area contributed by atoms with Crippen LogP contribution in [-0.4, -0.2) is 27.0 Å². The van der Waals surface area contributed by atoms with Gasteiger partial charge in [0.25, 0.3) is 11.5 Å². The number of phenolic OH excluding ortho intramolecular Hbond substituents is 1. The van der Waals surface area contributed by atoms with Crippen molar-refractivity contribution in [2.24, 2.45) is 7.05 Å². The van der Waals surface area contributed by atoms with E-state index in [4.69, 9.17) is 4.74 Å². The number of hydrogen-bond donors (Lipinski definition) is 2. The molecule has 3 aromatic carbocycles. The average Bonchev–Trinajstić information content (AvgIpc) is 2.89. The summed E-state index contributed by atoms with van der Waals surface area (Å²) in [5.41, 5.74) is 5.74. The molecule has 0 atom stereocenters. The topological polar surface area (TPSA) is 83.8 Å². The van der Waals surface area contributed by atoms with Gasteiger partial charge in [0, 0.05) is 49.8 Å². The van der Waals surface area contributed by atoms with Crippen LogP contribution in [0.4, 0.5) is 11.4 Å². The molecule has 2 heterocycles. The van der Waals surface area contributed by atoms with Crippen LogP contribution in [0.25, 0.3) is 0 Å². The Morgan fingerprint density at radius 1 is 1.05 bits per heavy atom. The number of fused-ring (bicyclic) bond motifs is 1. The molecule has 2 N–H and O–H groups in total. The number of carbonyl (C=O) groups is 1. The van der Waals surface area contributed by atoms with Crippen LogP contribution in [0.1, 0.15) is 32.6 Å². The fourth-order valence-electron chi connectivity index (χ4n) is 4.67. The summed E-state index contributed by atoms with van der Waals surface area (Å²) in [5.74, 6) is 0.278. The molecule has 1 amide bonds. The smallest absolute Gasteiger partial charge is 0.258 e. The van der Waals surface area contributed by atoms with E-state index in [9.17, 15) is 14.7 Å². The molecule has 37 heavy (non-hydrogen) atoms. The summed E-state index contributed by atoms with van der Waals surface area (Å²) in [7, 11) is 1.71. The normalized spacial score (nSPS) is 12.6. The van der Waals surface area contributed by atoms with Crippen LogP contribution in [0.3, 0.4) is 0 Å². The first-order chi connectivity index (χ1) is 17.9. The van der Waals surface area contributed by atoms with Crippen LogP contribution in [0, 0.1) is 6.92 Å². The van der Waals surface area contributed by atoms with E-state index in [0.29, 0.717) is 42.1 Å². The van der Waals surface area contributed by atoms with Gasteiger partial charge in [-0.15, -0.1) is 0 Å². The first-order valence-corrected chi connectivity index (χ1v) is 12.2. The lowest BCUT2D eigenvalue weighted by Crippen LogP contribution is -2.36. The molecule has 4 aromatic rings. The second kappa shape index (κ2) is 10.2. The van der Waals surface area contributed by atoms with Gasteiger partial charge in [-0.1, -0.05) is 42.5 Å². The van der Waals surface area contributed by atoms with Gasteiger partial charge in [0.15, 0.2) is 0 Å². The average molecular weight is 496 g/mol. The van der Waals surface area contributed by atoms with E-state index in [1.54, 1.807) is 25.4 Å². The predicted molar refractivity (Wildman–Crippen MR) is 143 cm³/mol. The SMILES string of the molecule is Cc1cc(O)cc(OCc2ccccc2)c1C(=O)N1CCc2cccc(Nc3ccn(C)c(=O)c3)c2C1. The molecule has 0 bridgehead atoms. The third kappa shape index (κ3) is 5.21. The van der Waals surface area contributed by atoms with Gasteiger partial charge in [-0.2, -0.15) is 0 Å². The van der Waals surface area contributed by atoms with Crippen molar-refractivity contribution in [1.82, 2.24) is 9.47 Å². The number of carbonyl (C=O) groups excluding carboxylic acids is 1. The zero-order chi connectivity index (χ0) is 25.9. The Bertz CT molecular complexity index is 1510. The molecule has 0 spiro atoms. The lowest BCUT2D eigenvalue weighted by atomic mass is 9.96. The van der Waals surface area contributed by atoms with Crippen LogP contribution < -0.4 is 15.6 Å². The van der Waals surface area contributed by atoms with Crippen molar-refractivity contribution >= 4 is 17.3 Å². The summed E-state index contributed by atoms with van der Waals surface area (Å²) >= 11 is 0. The number of ether oxygens (including phenoxy) is 1. The van der Waals surface area contributed by atoms with Crippen LogP contribution >= 0.6 is 0 Å². The maximum atomic E-state index is 13.8. The van der Waals surface area contributed by atoms with Crippen LogP contribution in [0.15, 0.2) is 83.8 Å². The first kappa shape index (κ1) is 24.2. The third-order valence-electron chi connectivity index (χ3n) is 6.68. The minimum atomic E-state index is -0.144. The van der Waals surface area contributed by atoms with Crippen molar-refractivity contribution in [3.05, 3.63) is 117 Å². The number of aromatic nitrogens is 1. The lowest BCUT2D eigenvalue weighted by Gasteiger charge is -2.31. The summed E-state index contributed by atoms with van der Waals surface area (Å²) < 4.78 is 7.56. The highest BCUT2D eigenvalue weighted by Gasteiger charge is 2.27. The molecule has 0 saturated heterocycles. The highest BCUT2D eigenvalue weighted by atomic mass is 16.5. The Morgan fingerprint density at radius 3 is 2.65 bits per heavy atom. The van der Waals surface area contributed by atoms with Crippen LogP contribution in [0.2, 0.25) is 0 Å². The van der Waals surface area contributed by atoms with Crippen molar-refractivity contribution in [3.63, 3.8) is 0 Å². The number of phenols is 1. The van der Waals surface area contributed by atoms with Gasteiger partial charge >= 0.3 is 0 Å². The highest BCUT2D eigenvalue weighted by Crippen LogP contribution is 2.33. The van der Waals surface area contributed by atoms with Crippen molar-refractivity contribution in [3.8, 4) is 11.5 Å². The summed E-state index contributed by atoms with van der Waals surface area (Å²) in [6.45, 7) is 3.08. The molecule has 1 aliphatic heterocycles. The van der Waals surface area contributed by atoms with Gasteiger partial charge in [0.2, 0.25) is 0 Å². The minimum absolute atomic E-state index is 0.0570. The second-order valence-corrected chi connectivity index (χ2v) is 9.32. The van der Waals surface area contributed by atoms with E-state index in [-0.39, 0.29) is 23.8 Å². The van der Waals surface area contributed by atoms with Crippen molar-refractivity contribution in [2.45, 2.75) is 26.5 Å². The summed E-state index contributed by atoms with van der Waals surface area (Å²) in [6.07, 6.45) is 2.44. The Kier molecular flexibility index (Phi) is 6.68. The number of rotatable bonds is 6. The Labute approximate surface area is 215 Å². The quantitative estimate of drug-likeness (QED) is 0.397. The molecule has 1 aliphatic rings. The number of amides is 1. The second-order valence-electron chi connectivity index (χ2n) is 9.32. The van der Waals surface area contributed by atoms with Gasteiger partial charge in [0.05, 0.1) is 5.56 Å². The number of hydrogen-bond acceptors (Lipinski definition) is 5. The van der Waals surface area contributed by atoms with Gasteiger partial charge in [-0.3, -0.25) is 9.59 Å². The molecule has 0 radical (unpaired) electrons. The number of anilines is 2. The minimum Gasteiger partial charge on any atom is -0.508 e. The third-order valence-corrected chi connectivity index (χ3v) is 6.68. The fourth-order valence-corrected chi connectivity index (χ4v) is 4.67. The molecule has 0 fully saturated rings. The van der Waals surface area contributed by atoms with Crippen LogP contribution in [-0.2, 0) is 26.6 Å². The van der Waals surface area contributed by atoms with Gasteiger partial charge in [-0.05, 0) is 53.8 Å². The first-order valence-electron chi connectivity index (χ1n) is 12.2.